The molecular weight excluding hydrogens is 390 g/mol. The molecule has 0 radical (unpaired) electrons. The highest BCUT2D eigenvalue weighted by molar-refractivity contribution is 7.10. The first-order valence-electron chi connectivity index (χ1n) is 10.6. The zero-order valence-electron chi connectivity index (χ0n) is 17.6. The van der Waals surface area contributed by atoms with Gasteiger partial charge in [0.2, 0.25) is 0 Å². The predicted octanol–water partition coefficient (Wildman–Crippen LogP) is 5.12. The third kappa shape index (κ3) is 3.99. The molecule has 1 saturated heterocycles. The molecule has 4 heteroatoms. The second-order valence-electron chi connectivity index (χ2n) is 8.91. The molecule has 0 bridgehead atoms. The number of rotatable bonds is 5. The van der Waals surface area contributed by atoms with Crippen LogP contribution in [0.5, 0.6) is 0 Å². The fraction of sp³-hybridized carbons (Fsp3) is 0.360. The van der Waals surface area contributed by atoms with Crippen LogP contribution in [0.4, 0.5) is 0 Å². The number of hydrogen-bond acceptors (Lipinski definition) is 3. The van der Waals surface area contributed by atoms with E-state index < -0.39 is 8.32 Å². The van der Waals surface area contributed by atoms with E-state index in [9.17, 15) is 0 Å². The Bertz CT molecular complexity index is 850. The van der Waals surface area contributed by atoms with Gasteiger partial charge in [0, 0.05) is 4.88 Å². The number of nitrogens with one attached hydrogen (secondary N) is 1. The molecule has 2 heterocycles. The molecule has 152 valence electrons. The second kappa shape index (κ2) is 8.56. The Morgan fingerprint density at radius 3 is 2.03 bits per heavy atom. The monoisotopic (exact) mass is 421 g/mol. The van der Waals surface area contributed by atoms with Gasteiger partial charge in [-0.05, 0) is 46.2 Å². The van der Waals surface area contributed by atoms with Gasteiger partial charge in [0.05, 0.1) is 12.1 Å². The highest BCUT2D eigenvalue weighted by Gasteiger charge is 2.52. The van der Waals surface area contributed by atoms with Gasteiger partial charge in [0.25, 0.3) is 8.32 Å². The van der Waals surface area contributed by atoms with E-state index in [0.717, 1.165) is 19.4 Å². The van der Waals surface area contributed by atoms with Gasteiger partial charge < -0.3 is 9.74 Å². The lowest BCUT2D eigenvalue weighted by Crippen LogP contribution is -2.68. The van der Waals surface area contributed by atoms with Crippen LogP contribution in [0.2, 0.25) is 5.04 Å². The fourth-order valence-electron chi connectivity index (χ4n) is 4.66. The van der Waals surface area contributed by atoms with Crippen molar-refractivity contribution in [3.63, 3.8) is 0 Å². The van der Waals surface area contributed by atoms with Crippen LogP contribution in [0, 0.1) is 0 Å². The maximum atomic E-state index is 7.44. The Kier molecular flexibility index (Phi) is 6.07. The topological polar surface area (TPSA) is 21.3 Å². The summed E-state index contributed by atoms with van der Waals surface area (Å²) in [5.74, 6) is 0. The number of thiophene rings is 1. The smallest absolute Gasteiger partial charge is 0.261 e. The lowest BCUT2D eigenvalue weighted by molar-refractivity contribution is 0.111. The Hall–Kier alpha value is -1.72. The molecule has 0 aliphatic carbocycles. The molecule has 0 amide bonds. The van der Waals surface area contributed by atoms with Crippen molar-refractivity contribution in [2.24, 2.45) is 0 Å². The van der Waals surface area contributed by atoms with Crippen LogP contribution >= 0.6 is 11.3 Å². The van der Waals surface area contributed by atoms with Crippen LogP contribution in [0.1, 0.15) is 44.5 Å². The van der Waals surface area contributed by atoms with Crippen molar-refractivity contribution in [1.29, 1.82) is 0 Å². The normalized spacial score (nSPS) is 20.5. The summed E-state index contributed by atoms with van der Waals surface area (Å²) < 4.78 is 7.44. The minimum atomic E-state index is -2.53. The van der Waals surface area contributed by atoms with Crippen LogP contribution in [-0.4, -0.2) is 21.0 Å². The Morgan fingerprint density at radius 1 is 0.897 bits per heavy atom. The van der Waals surface area contributed by atoms with Gasteiger partial charge in [-0.25, -0.2) is 0 Å². The largest absolute Gasteiger partial charge is 0.402 e. The predicted molar refractivity (Wildman–Crippen MR) is 127 cm³/mol. The van der Waals surface area contributed by atoms with E-state index in [2.05, 4.69) is 104 Å². The molecule has 1 N–H and O–H groups in total. The van der Waals surface area contributed by atoms with E-state index >= 15 is 0 Å². The van der Waals surface area contributed by atoms with Crippen LogP contribution in [0.15, 0.2) is 78.2 Å². The molecule has 0 unspecified atom stereocenters. The highest BCUT2D eigenvalue weighted by atomic mass is 32.1. The fourth-order valence-corrected chi connectivity index (χ4v) is 10.2. The first-order chi connectivity index (χ1) is 14.0. The zero-order chi connectivity index (χ0) is 20.3. The molecule has 29 heavy (non-hydrogen) atoms. The number of piperidine rings is 1. The van der Waals surface area contributed by atoms with Crippen molar-refractivity contribution in [1.82, 2.24) is 5.32 Å². The van der Waals surface area contributed by atoms with Gasteiger partial charge in [-0.15, -0.1) is 11.3 Å². The average molecular weight is 422 g/mol. The third-order valence-electron chi connectivity index (χ3n) is 6.00. The Balaban J connectivity index is 1.84. The summed E-state index contributed by atoms with van der Waals surface area (Å²) in [6, 6.07) is 26.6. The van der Waals surface area contributed by atoms with E-state index in [0.29, 0.717) is 0 Å². The van der Waals surface area contributed by atoms with Crippen LogP contribution in [0.3, 0.4) is 0 Å². The van der Waals surface area contributed by atoms with Crippen molar-refractivity contribution in [2.75, 3.05) is 6.54 Å². The van der Waals surface area contributed by atoms with E-state index in [1.807, 2.05) is 11.3 Å². The summed E-state index contributed by atoms with van der Waals surface area (Å²) >= 11 is 1.83. The standard InChI is InChI=1S/C25H31NOSSi/c1-25(2,3)29(20-12-6-4-7-13-20,21-14-8-5-9-15-21)27-22-16-10-18-26-24(22)23-17-11-19-28-23/h4-9,11-15,17,19,22,24,26H,10,16,18H2,1-3H3/t22-,24-/m0/s1. The summed E-state index contributed by atoms with van der Waals surface area (Å²) in [7, 11) is -2.53. The number of benzene rings is 2. The van der Waals surface area contributed by atoms with E-state index in [1.165, 1.54) is 15.3 Å². The molecule has 3 aromatic rings. The minimum absolute atomic E-state index is 0.00710. The van der Waals surface area contributed by atoms with Gasteiger partial charge in [-0.2, -0.15) is 0 Å². The van der Waals surface area contributed by atoms with E-state index in [4.69, 9.17) is 4.43 Å². The van der Waals surface area contributed by atoms with E-state index in [1.54, 1.807) is 0 Å². The number of hydrogen-bond donors (Lipinski definition) is 1. The van der Waals surface area contributed by atoms with Crippen molar-refractivity contribution in [3.05, 3.63) is 83.1 Å². The second-order valence-corrected chi connectivity index (χ2v) is 14.1. The summed E-state index contributed by atoms with van der Waals surface area (Å²) in [6.07, 6.45) is 2.43. The van der Waals surface area contributed by atoms with E-state index in [-0.39, 0.29) is 17.2 Å². The maximum absolute atomic E-state index is 7.44. The quantitative estimate of drug-likeness (QED) is 0.578. The Labute approximate surface area is 180 Å². The van der Waals surface area contributed by atoms with Gasteiger partial charge in [0.15, 0.2) is 0 Å². The molecule has 2 nitrogen and oxygen atoms in total. The van der Waals surface area contributed by atoms with Crippen molar-refractivity contribution < 1.29 is 4.43 Å². The molecule has 1 fully saturated rings. The van der Waals surface area contributed by atoms with Crippen molar-refractivity contribution in [3.8, 4) is 0 Å². The van der Waals surface area contributed by atoms with Crippen LogP contribution < -0.4 is 15.7 Å². The molecule has 4 rings (SSSR count). The van der Waals surface area contributed by atoms with Gasteiger partial charge in [-0.3, -0.25) is 0 Å². The maximum Gasteiger partial charge on any atom is 0.261 e. The van der Waals surface area contributed by atoms with Gasteiger partial charge in [0.1, 0.15) is 0 Å². The molecule has 1 aromatic heterocycles. The first kappa shape index (κ1) is 20.5. The Morgan fingerprint density at radius 2 is 1.52 bits per heavy atom. The van der Waals surface area contributed by atoms with Gasteiger partial charge >= 0.3 is 0 Å². The SMILES string of the molecule is CC(C)(C)[Si](O[C@H]1CCCN[C@@H]1c1cccs1)(c1ccccc1)c1ccccc1. The lowest BCUT2D eigenvalue weighted by atomic mass is 10.0. The molecular formula is C25H31NOSSi. The highest BCUT2D eigenvalue weighted by Crippen LogP contribution is 2.40. The zero-order valence-corrected chi connectivity index (χ0v) is 19.4. The van der Waals surface area contributed by atoms with Gasteiger partial charge in [-0.1, -0.05) is 87.5 Å². The first-order valence-corrected chi connectivity index (χ1v) is 13.4. The molecule has 1 aliphatic heterocycles. The molecule has 0 saturated carbocycles. The van der Waals surface area contributed by atoms with Crippen LogP contribution in [0.25, 0.3) is 0 Å². The van der Waals surface area contributed by atoms with Crippen LogP contribution in [-0.2, 0) is 4.43 Å². The summed E-state index contributed by atoms with van der Waals surface area (Å²) in [6.45, 7) is 8.13. The summed E-state index contributed by atoms with van der Waals surface area (Å²) in [5, 5.41) is 8.65. The molecule has 0 spiro atoms. The molecule has 2 atom stereocenters. The minimum Gasteiger partial charge on any atom is -0.402 e. The third-order valence-corrected chi connectivity index (χ3v) is 12.0. The summed E-state index contributed by atoms with van der Waals surface area (Å²) in [5.41, 5.74) is 0. The summed E-state index contributed by atoms with van der Waals surface area (Å²) in [4.78, 5) is 1.38. The van der Waals surface area contributed by atoms with Crippen molar-refractivity contribution in [2.45, 2.75) is 50.8 Å². The molecule has 2 aromatic carbocycles. The molecule has 1 aliphatic rings. The lowest BCUT2D eigenvalue weighted by Gasteiger charge is -2.47. The average Bonchev–Trinajstić information content (AvgIpc) is 3.27. The van der Waals surface area contributed by atoms with Crippen molar-refractivity contribution >= 4 is 30.0 Å².